The quantitative estimate of drug-likeness (QED) is 0.751. The van der Waals surface area contributed by atoms with Crippen LogP contribution in [0.15, 0.2) is 35.9 Å². The summed E-state index contributed by atoms with van der Waals surface area (Å²) in [4.78, 5) is 0. The molecule has 17 heavy (non-hydrogen) atoms. The summed E-state index contributed by atoms with van der Waals surface area (Å²) in [6, 6.07) is 10.2. The molecule has 0 bridgehead atoms. The van der Waals surface area contributed by atoms with Crippen molar-refractivity contribution < 1.29 is 5.11 Å². The Morgan fingerprint density at radius 3 is 2.41 bits per heavy atom. The van der Waals surface area contributed by atoms with Crippen LogP contribution in [-0.4, -0.2) is 11.2 Å². The van der Waals surface area contributed by atoms with Crippen LogP contribution in [0.2, 0.25) is 0 Å². The second-order valence-electron chi connectivity index (χ2n) is 4.34. The molecule has 1 nitrogen and oxygen atoms in total. The predicted molar refractivity (Wildman–Crippen MR) is 78.1 cm³/mol. The average Bonchev–Trinajstić information content (AvgIpc) is 2.34. The molecule has 0 aliphatic heterocycles. The topological polar surface area (TPSA) is 20.2 Å². The molecule has 0 radical (unpaired) electrons. The molecule has 0 aliphatic rings. The molecule has 2 heteroatoms. The van der Waals surface area contributed by atoms with Crippen molar-refractivity contribution in [3.63, 3.8) is 0 Å². The molecule has 0 saturated carbocycles. The zero-order valence-corrected chi connectivity index (χ0v) is 12.2. The Labute approximate surface area is 113 Å². The Bertz CT molecular complexity index is 354. The van der Waals surface area contributed by atoms with Crippen molar-refractivity contribution in [3.05, 3.63) is 41.5 Å². The lowest BCUT2D eigenvalue weighted by molar-refractivity contribution is 0.227. The maximum atomic E-state index is 9.86. The van der Waals surface area contributed by atoms with Crippen molar-refractivity contribution in [2.75, 3.05) is 0 Å². The Kier molecular flexibility index (Phi) is 6.53. The van der Waals surface area contributed by atoms with Gasteiger partial charge >= 0.3 is 0 Å². The molecule has 0 fully saturated rings. The number of halogens is 1. The predicted octanol–water partition coefficient (Wildman–Crippen LogP) is 4.75. The first kappa shape index (κ1) is 14.5. The van der Waals surface area contributed by atoms with Crippen LogP contribution in [0.25, 0.3) is 4.48 Å². The molecule has 1 unspecified atom stereocenters. The third-order valence-electron chi connectivity index (χ3n) is 2.86. The fourth-order valence-electron chi connectivity index (χ4n) is 1.84. The lowest BCUT2D eigenvalue weighted by Crippen LogP contribution is -2.06. The van der Waals surface area contributed by atoms with Gasteiger partial charge in [0, 0.05) is 4.48 Å². The van der Waals surface area contributed by atoms with Gasteiger partial charge in [-0.2, -0.15) is 0 Å². The monoisotopic (exact) mass is 296 g/mol. The minimum Gasteiger partial charge on any atom is -0.389 e. The molecule has 1 atom stereocenters. The van der Waals surface area contributed by atoms with Gasteiger partial charge in [0.15, 0.2) is 0 Å². The maximum Gasteiger partial charge on any atom is 0.0736 e. The van der Waals surface area contributed by atoms with E-state index in [2.05, 4.69) is 35.0 Å². The highest BCUT2D eigenvalue weighted by Crippen LogP contribution is 2.30. The third kappa shape index (κ3) is 4.64. The Hall–Kier alpha value is -0.600. The Morgan fingerprint density at radius 1 is 1.24 bits per heavy atom. The fraction of sp³-hybridized carbons (Fsp3) is 0.467. The summed E-state index contributed by atoms with van der Waals surface area (Å²) in [7, 11) is 0. The first-order chi connectivity index (χ1) is 8.16. The molecular formula is C15H21BrO. The molecule has 1 N–H and O–H groups in total. The number of aliphatic hydroxyl groups excluding tert-OH is 1. The zero-order chi connectivity index (χ0) is 12.7. The van der Waals surface area contributed by atoms with Crippen molar-refractivity contribution in [2.45, 2.75) is 45.6 Å². The van der Waals surface area contributed by atoms with Crippen LogP contribution in [0, 0.1) is 0 Å². The van der Waals surface area contributed by atoms with Crippen LogP contribution in [-0.2, 0) is 0 Å². The highest BCUT2D eigenvalue weighted by Gasteiger charge is 2.11. The number of unbranched alkanes of at least 4 members (excludes halogenated alkanes) is 2. The van der Waals surface area contributed by atoms with E-state index in [0.717, 1.165) is 28.5 Å². The van der Waals surface area contributed by atoms with Crippen LogP contribution in [0.4, 0.5) is 0 Å². The first-order valence-corrected chi connectivity index (χ1v) is 7.08. The van der Waals surface area contributed by atoms with Gasteiger partial charge in [-0.05, 0) is 30.9 Å². The third-order valence-corrected chi connectivity index (χ3v) is 3.83. The molecule has 0 aromatic heterocycles. The van der Waals surface area contributed by atoms with Gasteiger partial charge in [-0.3, -0.25) is 0 Å². The van der Waals surface area contributed by atoms with E-state index in [4.69, 9.17) is 0 Å². The summed E-state index contributed by atoms with van der Waals surface area (Å²) in [6.45, 7) is 4.03. The molecule has 0 saturated heterocycles. The summed E-state index contributed by atoms with van der Waals surface area (Å²) in [5, 5.41) is 9.86. The van der Waals surface area contributed by atoms with Crippen LogP contribution in [0.1, 0.15) is 45.1 Å². The lowest BCUT2D eigenvalue weighted by atomic mass is 10.0. The largest absolute Gasteiger partial charge is 0.389 e. The van der Waals surface area contributed by atoms with Crippen LogP contribution in [0.3, 0.4) is 0 Å². The van der Waals surface area contributed by atoms with Crippen molar-refractivity contribution in [3.8, 4) is 0 Å². The van der Waals surface area contributed by atoms with E-state index >= 15 is 0 Å². The fourth-order valence-corrected chi connectivity index (χ4v) is 2.63. The van der Waals surface area contributed by atoms with E-state index in [1.165, 1.54) is 12.8 Å². The zero-order valence-electron chi connectivity index (χ0n) is 10.6. The molecule has 1 aromatic rings. The van der Waals surface area contributed by atoms with Crippen LogP contribution >= 0.6 is 15.9 Å². The second-order valence-corrected chi connectivity index (χ2v) is 5.13. The highest BCUT2D eigenvalue weighted by molar-refractivity contribution is 9.15. The molecule has 0 amide bonds. The summed E-state index contributed by atoms with van der Waals surface area (Å²) < 4.78 is 1.05. The Balaban J connectivity index is 2.87. The minimum absolute atomic E-state index is 0.388. The van der Waals surface area contributed by atoms with Crippen molar-refractivity contribution >= 4 is 20.4 Å². The standard InChI is InChI=1S/C15H21BrO/c1-3-4-6-11-14(12(2)17)15(16)13-9-7-5-8-10-13/h5,7-10,12,17H,3-4,6,11H2,1-2H3/b15-14-. The van der Waals surface area contributed by atoms with Gasteiger partial charge in [0.25, 0.3) is 0 Å². The normalized spacial score (nSPS) is 14.4. The molecular weight excluding hydrogens is 276 g/mol. The van der Waals surface area contributed by atoms with Gasteiger partial charge < -0.3 is 5.11 Å². The molecule has 0 aliphatic carbocycles. The molecule has 1 rings (SSSR count). The van der Waals surface area contributed by atoms with Gasteiger partial charge in [0.05, 0.1) is 6.10 Å². The summed E-state index contributed by atoms with van der Waals surface area (Å²) in [5.74, 6) is 0. The number of hydrogen-bond acceptors (Lipinski definition) is 1. The summed E-state index contributed by atoms with van der Waals surface area (Å²) in [6.07, 6.45) is 4.13. The van der Waals surface area contributed by atoms with E-state index < -0.39 is 0 Å². The molecule has 1 aromatic carbocycles. The van der Waals surface area contributed by atoms with Gasteiger partial charge in [0.1, 0.15) is 0 Å². The molecule has 94 valence electrons. The van der Waals surface area contributed by atoms with E-state index in [1.54, 1.807) is 0 Å². The molecule has 0 heterocycles. The van der Waals surface area contributed by atoms with Crippen molar-refractivity contribution in [1.29, 1.82) is 0 Å². The van der Waals surface area contributed by atoms with E-state index in [0.29, 0.717) is 0 Å². The number of aliphatic hydroxyl groups is 1. The van der Waals surface area contributed by atoms with Crippen LogP contribution < -0.4 is 0 Å². The van der Waals surface area contributed by atoms with Gasteiger partial charge in [-0.1, -0.05) is 66.0 Å². The highest BCUT2D eigenvalue weighted by atomic mass is 79.9. The maximum absolute atomic E-state index is 9.86. The summed E-state index contributed by atoms with van der Waals surface area (Å²) in [5.41, 5.74) is 2.24. The Morgan fingerprint density at radius 2 is 1.88 bits per heavy atom. The van der Waals surface area contributed by atoms with Crippen molar-refractivity contribution in [2.24, 2.45) is 0 Å². The minimum atomic E-state index is -0.388. The SMILES string of the molecule is CCCCC/C(=C(/Br)c1ccccc1)C(C)O. The number of benzene rings is 1. The van der Waals surface area contributed by atoms with Gasteiger partial charge in [-0.15, -0.1) is 0 Å². The van der Waals surface area contributed by atoms with Crippen molar-refractivity contribution in [1.82, 2.24) is 0 Å². The van der Waals surface area contributed by atoms with E-state index in [9.17, 15) is 5.11 Å². The first-order valence-electron chi connectivity index (χ1n) is 6.28. The van der Waals surface area contributed by atoms with Gasteiger partial charge in [0.2, 0.25) is 0 Å². The smallest absolute Gasteiger partial charge is 0.0736 e. The summed E-state index contributed by atoms with van der Waals surface area (Å²) >= 11 is 3.62. The molecule has 0 spiro atoms. The van der Waals surface area contributed by atoms with Gasteiger partial charge in [-0.25, -0.2) is 0 Å². The van der Waals surface area contributed by atoms with E-state index in [1.807, 2.05) is 25.1 Å². The van der Waals surface area contributed by atoms with E-state index in [-0.39, 0.29) is 6.10 Å². The average molecular weight is 297 g/mol. The number of hydrogen-bond donors (Lipinski definition) is 1. The number of rotatable bonds is 6. The second kappa shape index (κ2) is 7.67. The lowest BCUT2D eigenvalue weighted by Gasteiger charge is -2.14. The van der Waals surface area contributed by atoms with Crippen LogP contribution in [0.5, 0.6) is 0 Å².